The number of aromatic nitrogens is 1. The van der Waals surface area contributed by atoms with Crippen LogP contribution in [0.15, 0.2) is 33.5 Å². The average molecular weight is 334 g/mol. The molecule has 2 heterocycles. The van der Waals surface area contributed by atoms with Crippen molar-refractivity contribution in [3.8, 4) is 0 Å². The van der Waals surface area contributed by atoms with Gasteiger partial charge in [-0.05, 0) is 43.5 Å². The minimum Gasteiger partial charge on any atom is -0.396 e. The third-order valence-electron chi connectivity index (χ3n) is 3.71. The SMILES string of the molecule is Cc1cc(Br)ccc1Nc1cc(=O)n2c(c1N)CCC2. The number of nitrogen functional groups attached to an aromatic ring is 1. The number of nitrogens with zero attached hydrogens (tertiary/aromatic N) is 1. The van der Waals surface area contributed by atoms with Gasteiger partial charge in [-0.25, -0.2) is 0 Å². The third kappa shape index (κ3) is 2.22. The molecule has 0 radical (unpaired) electrons. The van der Waals surface area contributed by atoms with Crippen molar-refractivity contribution >= 4 is 33.0 Å². The van der Waals surface area contributed by atoms with Crippen molar-refractivity contribution in [2.24, 2.45) is 0 Å². The van der Waals surface area contributed by atoms with Crippen LogP contribution in [0.5, 0.6) is 0 Å². The van der Waals surface area contributed by atoms with E-state index in [2.05, 4.69) is 21.2 Å². The molecule has 3 N–H and O–H groups in total. The lowest BCUT2D eigenvalue weighted by Gasteiger charge is -2.15. The summed E-state index contributed by atoms with van der Waals surface area (Å²) >= 11 is 3.44. The van der Waals surface area contributed by atoms with Gasteiger partial charge < -0.3 is 15.6 Å². The van der Waals surface area contributed by atoms with Crippen LogP contribution >= 0.6 is 15.9 Å². The molecule has 5 heteroatoms. The van der Waals surface area contributed by atoms with Gasteiger partial charge in [-0.3, -0.25) is 4.79 Å². The van der Waals surface area contributed by atoms with E-state index < -0.39 is 0 Å². The third-order valence-corrected chi connectivity index (χ3v) is 4.21. The summed E-state index contributed by atoms with van der Waals surface area (Å²) in [4.78, 5) is 12.1. The minimum absolute atomic E-state index is 0.0176. The maximum Gasteiger partial charge on any atom is 0.252 e. The van der Waals surface area contributed by atoms with E-state index >= 15 is 0 Å². The first-order valence-electron chi connectivity index (χ1n) is 6.61. The lowest BCUT2D eigenvalue weighted by Crippen LogP contribution is -2.20. The van der Waals surface area contributed by atoms with Crippen LogP contribution in [0.2, 0.25) is 0 Å². The molecule has 0 spiro atoms. The molecule has 0 amide bonds. The standard InChI is InChI=1S/C15H16BrN3O/c1-9-7-10(16)4-5-11(9)18-12-8-14(20)19-6-2-3-13(19)15(12)17/h4-5,7-8,18H,2-3,6,17H2,1H3. The van der Waals surface area contributed by atoms with Crippen molar-refractivity contribution in [1.29, 1.82) is 0 Å². The van der Waals surface area contributed by atoms with Crippen LogP contribution in [-0.4, -0.2) is 4.57 Å². The van der Waals surface area contributed by atoms with Crippen LogP contribution in [0.3, 0.4) is 0 Å². The summed E-state index contributed by atoms with van der Waals surface area (Å²) < 4.78 is 2.80. The Hall–Kier alpha value is -1.75. The maximum absolute atomic E-state index is 12.1. The van der Waals surface area contributed by atoms with E-state index in [4.69, 9.17) is 5.73 Å². The van der Waals surface area contributed by atoms with Gasteiger partial charge in [-0.2, -0.15) is 0 Å². The monoisotopic (exact) mass is 333 g/mol. The van der Waals surface area contributed by atoms with Gasteiger partial charge in [0.2, 0.25) is 0 Å². The van der Waals surface area contributed by atoms with Gasteiger partial charge in [0.25, 0.3) is 5.56 Å². The Bertz CT molecular complexity index is 737. The summed E-state index contributed by atoms with van der Waals surface area (Å²) in [6.07, 6.45) is 1.86. The molecule has 0 saturated heterocycles. The van der Waals surface area contributed by atoms with E-state index in [0.717, 1.165) is 40.8 Å². The first kappa shape index (κ1) is 13.2. The molecule has 4 nitrogen and oxygen atoms in total. The van der Waals surface area contributed by atoms with E-state index in [1.54, 1.807) is 10.6 Å². The summed E-state index contributed by atoms with van der Waals surface area (Å²) in [5.74, 6) is 0. The van der Waals surface area contributed by atoms with Crippen LogP contribution in [0.25, 0.3) is 0 Å². The second-order valence-corrected chi connectivity index (χ2v) is 6.01. The van der Waals surface area contributed by atoms with Crippen LogP contribution < -0.4 is 16.6 Å². The second kappa shape index (κ2) is 4.98. The van der Waals surface area contributed by atoms with Crippen LogP contribution in [0.4, 0.5) is 17.1 Å². The highest BCUT2D eigenvalue weighted by molar-refractivity contribution is 9.10. The van der Waals surface area contributed by atoms with Gasteiger partial charge >= 0.3 is 0 Å². The van der Waals surface area contributed by atoms with Gasteiger partial charge in [0.05, 0.1) is 11.4 Å². The zero-order valence-corrected chi connectivity index (χ0v) is 12.8. The molecule has 1 aliphatic heterocycles. The smallest absolute Gasteiger partial charge is 0.252 e. The lowest BCUT2D eigenvalue weighted by molar-refractivity contribution is 0.722. The Balaban J connectivity index is 2.03. The quantitative estimate of drug-likeness (QED) is 0.887. The molecule has 1 aromatic heterocycles. The molecule has 1 aliphatic rings. The Labute approximate surface area is 125 Å². The molecule has 1 aromatic carbocycles. The first-order valence-corrected chi connectivity index (χ1v) is 7.41. The molecular formula is C15H16BrN3O. The van der Waals surface area contributed by atoms with E-state index in [9.17, 15) is 4.79 Å². The molecule has 2 aromatic rings. The number of aryl methyl sites for hydroxylation is 1. The molecule has 20 heavy (non-hydrogen) atoms. The maximum atomic E-state index is 12.1. The fourth-order valence-electron chi connectivity index (χ4n) is 2.65. The molecule has 104 valence electrons. The fraction of sp³-hybridized carbons (Fsp3) is 0.267. The van der Waals surface area contributed by atoms with Gasteiger partial charge in [0.15, 0.2) is 0 Å². The lowest BCUT2D eigenvalue weighted by atomic mass is 10.1. The average Bonchev–Trinajstić information content (AvgIpc) is 2.88. The number of fused-ring (bicyclic) bond motifs is 1. The Morgan fingerprint density at radius 1 is 1.30 bits per heavy atom. The summed E-state index contributed by atoms with van der Waals surface area (Å²) in [6.45, 7) is 2.79. The largest absolute Gasteiger partial charge is 0.396 e. The molecule has 0 aliphatic carbocycles. The number of anilines is 3. The zero-order valence-electron chi connectivity index (χ0n) is 11.2. The van der Waals surface area contributed by atoms with Crippen LogP contribution in [0.1, 0.15) is 17.7 Å². The Kier molecular flexibility index (Phi) is 3.30. The number of pyridine rings is 1. The molecule has 0 saturated carbocycles. The van der Waals surface area contributed by atoms with Crippen molar-refractivity contribution in [3.05, 3.63) is 50.3 Å². The molecule has 0 bridgehead atoms. The highest BCUT2D eigenvalue weighted by Gasteiger charge is 2.18. The summed E-state index contributed by atoms with van der Waals surface area (Å²) in [7, 11) is 0. The molecule has 0 fully saturated rings. The molecule has 0 unspecified atom stereocenters. The second-order valence-electron chi connectivity index (χ2n) is 5.10. The normalized spacial score (nSPS) is 13.3. The highest BCUT2D eigenvalue weighted by atomic mass is 79.9. The topological polar surface area (TPSA) is 60.0 Å². The number of nitrogens with two attached hydrogens (primary N) is 1. The first-order chi connectivity index (χ1) is 9.56. The fourth-order valence-corrected chi connectivity index (χ4v) is 3.12. The number of hydrogen-bond acceptors (Lipinski definition) is 3. The predicted octanol–water partition coefficient (Wildman–Crippen LogP) is 3.19. The summed E-state index contributed by atoms with van der Waals surface area (Å²) in [5.41, 5.74) is 10.6. The van der Waals surface area contributed by atoms with E-state index in [1.165, 1.54) is 0 Å². The van der Waals surface area contributed by atoms with Crippen molar-refractivity contribution in [2.45, 2.75) is 26.3 Å². The van der Waals surface area contributed by atoms with Gasteiger partial charge in [0.1, 0.15) is 0 Å². The molecular weight excluding hydrogens is 318 g/mol. The predicted molar refractivity (Wildman–Crippen MR) is 85.6 cm³/mol. The van der Waals surface area contributed by atoms with E-state index in [-0.39, 0.29) is 5.56 Å². The molecule has 3 rings (SSSR count). The summed E-state index contributed by atoms with van der Waals surface area (Å²) in [6, 6.07) is 7.56. The number of hydrogen-bond donors (Lipinski definition) is 2. The Morgan fingerprint density at radius 2 is 2.10 bits per heavy atom. The van der Waals surface area contributed by atoms with E-state index in [0.29, 0.717) is 11.4 Å². The number of nitrogens with one attached hydrogen (secondary N) is 1. The van der Waals surface area contributed by atoms with Gasteiger partial charge in [-0.1, -0.05) is 15.9 Å². The Morgan fingerprint density at radius 3 is 2.85 bits per heavy atom. The van der Waals surface area contributed by atoms with E-state index in [1.807, 2.05) is 25.1 Å². The number of halogens is 1. The van der Waals surface area contributed by atoms with Crippen molar-refractivity contribution in [3.63, 3.8) is 0 Å². The van der Waals surface area contributed by atoms with Gasteiger partial charge in [-0.15, -0.1) is 0 Å². The van der Waals surface area contributed by atoms with Crippen molar-refractivity contribution in [1.82, 2.24) is 4.57 Å². The highest BCUT2D eigenvalue weighted by Crippen LogP contribution is 2.30. The number of rotatable bonds is 2. The zero-order chi connectivity index (χ0) is 14.3. The van der Waals surface area contributed by atoms with Crippen molar-refractivity contribution < 1.29 is 0 Å². The van der Waals surface area contributed by atoms with Crippen molar-refractivity contribution in [2.75, 3.05) is 11.1 Å². The van der Waals surface area contributed by atoms with Crippen LogP contribution in [0, 0.1) is 6.92 Å². The molecule has 0 atom stereocenters. The minimum atomic E-state index is 0.0176. The van der Waals surface area contributed by atoms with Gasteiger partial charge in [0, 0.05) is 28.5 Å². The summed E-state index contributed by atoms with van der Waals surface area (Å²) in [5, 5.41) is 3.28. The number of benzene rings is 1. The van der Waals surface area contributed by atoms with Crippen LogP contribution in [-0.2, 0) is 13.0 Å².